The van der Waals surface area contributed by atoms with Gasteiger partial charge in [-0.3, -0.25) is 9.48 Å². The molecule has 1 aromatic heterocycles. The van der Waals surface area contributed by atoms with Gasteiger partial charge in [-0.1, -0.05) is 6.07 Å². The molecular formula is C34H49F3N6O4S2. The van der Waals surface area contributed by atoms with Crippen LogP contribution in [0.3, 0.4) is 0 Å². The van der Waals surface area contributed by atoms with Gasteiger partial charge in [0, 0.05) is 112 Å². The maximum absolute atomic E-state index is 14.2. The summed E-state index contributed by atoms with van der Waals surface area (Å²) in [6.07, 6.45) is 3.69. The lowest BCUT2D eigenvalue weighted by molar-refractivity contribution is -0.139. The molecule has 10 nitrogen and oxygen atoms in total. The Labute approximate surface area is 292 Å². The Morgan fingerprint density at radius 2 is 1.67 bits per heavy atom. The largest absolute Gasteiger partial charge is 0.417 e. The summed E-state index contributed by atoms with van der Waals surface area (Å²) in [5.74, 6) is 0.800. The molecule has 5 heterocycles. The van der Waals surface area contributed by atoms with Crippen molar-refractivity contribution in [3.8, 4) is 11.3 Å². The number of hydrogen-bond acceptors (Lipinski definition) is 8. The number of ether oxygens (including phenoxy) is 1. The van der Waals surface area contributed by atoms with Gasteiger partial charge < -0.3 is 19.4 Å². The number of piperidine rings is 2. The maximum Gasteiger partial charge on any atom is 0.417 e. The van der Waals surface area contributed by atoms with E-state index in [1.54, 1.807) is 13.2 Å². The average Bonchev–Trinajstić information content (AvgIpc) is 3.67. The second-order valence-corrected chi connectivity index (χ2v) is 16.9. The van der Waals surface area contributed by atoms with Gasteiger partial charge in [0.1, 0.15) is 0 Å². The Morgan fingerprint density at radius 1 is 0.959 bits per heavy atom. The highest BCUT2D eigenvalue weighted by Crippen LogP contribution is 2.40. The van der Waals surface area contributed by atoms with E-state index >= 15 is 0 Å². The quantitative estimate of drug-likeness (QED) is 0.294. The summed E-state index contributed by atoms with van der Waals surface area (Å²) in [4.78, 5) is 19.1. The van der Waals surface area contributed by atoms with E-state index in [2.05, 4.69) is 14.7 Å². The van der Waals surface area contributed by atoms with Crippen molar-refractivity contribution in [2.75, 3.05) is 71.5 Å². The minimum atomic E-state index is -4.50. The predicted molar refractivity (Wildman–Crippen MR) is 184 cm³/mol. The van der Waals surface area contributed by atoms with Crippen molar-refractivity contribution >= 4 is 27.7 Å². The van der Waals surface area contributed by atoms with E-state index in [0.717, 1.165) is 95.1 Å². The Bertz CT molecular complexity index is 1570. The number of carbonyl (C=O) groups excluding carboxylic acids is 1. The van der Waals surface area contributed by atoms with Crippen LogP contribution in [0.15, 0.2) is 23.1 Å². The number of halogens is 3. The van der Waals surface area contributed by atoms with E-state index in [1.807, 2.05) is 4.68 Å². The SMILES string of the molecule is COC1CCN(CCSc2cc(-c3nn(CCCN4CCC(N5CCCC5=O)CC4)c4c3CN(S(C)(=O)=O)CC4)ccc2C(F)(F)F)CC1. The Hall–Kier alpha value is -2.17. The van der Waals surface area contributed by atoms with Crippen LogP contribution in [-0.4, -0.2) is 127 Å². The molecule has 0 radical (unpaired) electrons. The van der Waals surface area contributed by atoms with E-state index < -0.39 is 21.8 Å². The number of rotatable bonds is 12. The summed E-state index contributed by atoms with van der Waals surface area (Å²) in [6, 6.07) is 4.55. The van der Waals surface area contributed by atoms with Crippen LogP contribution in [0.25, 0.3) is 11.3 Å². The number of amides is 1. The van der Waals surface area contributed by atoms with Gasteiger partial charge in [0.25, 0.3) is 0 Å². The standard InChI is InChI=1S/C34H49F3N6O4S2/c1-47-27-10-18-40(19-11-27)21-22-48-31-23-25(6-7-29(31)34(35,36)37)33-28-24-41(49(2,45)46)20-12-30(28)43(38-33)15-4-13-39-16-8-26(9-17-39)42-14-3-5-32(42)44/h6-7,23,26-27H,3-5,8-22,24H2,1-2H3. The lowest BCUT2D eigenvalue weighted by Gasteiger charge is -2.36. The number of thioether (sulfide) groups is 1. The monoisotopic (exact) mass is 726 g/mol. The molecule has 0 saturated carbocycles. The number of methoxy groups -OCH3 is 1. The molecule has 3 fully saturated rings. The van der Waals surface area contributed by atoms with Gasteiger partial charge in [-0.15, -0.1) is 11.8 Å². The Morgan fingerprint density at radius 3 is 2.33 bits per heavy atom. The molecule has 272 valence electrons. The third-order valence-electron chi connectivity index (χ3n) is 10.6. The lowest BCUT2D eigenvalue weighted by Crippen LogP contribution is -2.45. The number of nitrogens with zero attached hydrogens (tertiary/aromatic N) is 6. The van der Waals surface area contributed by atoms with Crippen LogP contribution < -0.4 is 0 Å². The molecule has 2 aromatic rings. The second-order valence-electron chi connectivity index (χ2n) is 13.8. The van der Waals surface area contributed by atoms with Gasteiger partial charge in [-0.2, -0.15) is 22.6 Å². The van der Waals surface area contributed by atoms with E-state index in [4.69, 9.17) is 9.84 Å². The molecule has 0 bridgehead atoms. The number of alkyl halides is 3. The number of aryl methyl sites for hydroxylation is 1. The molecule has 1 aromatic carbocycles. The first kappa shape index (κ1) is 36.6. The number of fused-ring (bicyclic) bond motifs is 1. The first-order valence-corrected chi connectivity index (χ1v) is 20.4. The van der Waals surface area contributed by atoms with Gasteiger partial charge in [0.05, 0.1) is 23.6 Å². The van der Waals surface area contributed by atoms with Crippen molar-refractivity contribution in [3.63, 3.8) is 0 Å². The second kappa shape index (κ2) is 15.6. The molecule has 0 unspecified atom stereocenters. The minimum absolute atomic E-state index is 0.146. The van der Waals surface area contributed by atoms with E-state index in [9.17, 15) is 26.4 Å². The van der Waals surface area contributed by atoms with Crippen LogP contribution in [0, 0.1) is 0 Å². The van der Waals surface area contributed by atoms with Crippen LogP contribution in [0.5, 0.6) is 0 Å². The fourth-order valence-corrected chi connectivity index (χ4v) is 9.70. The molecule has 1 amide bonds. The fraction of sp³-hybridized carbons (Fsp3) is 0.706. The van der Waals surface area contributed by atoms with Crippen LogP contribution >= 0.6 is 11.8 Å². The number of hydrogen-bond donors (Lipinski definition) is 0. The van der Waals surface area contributed by atoms with Crippen molar-refractivity contribution < 1.29 is 31.1 Å². The van der Waals surface area contributed by atoms with Crippen molar-refractivity contribution in [2.45, 2.75) is 87.7 Å². The molecule has 0 aliphatic carbocycles. The molecular weight excluding hydrogens is 678 g/mol. The number of sulfonamides is 1. The lowest BCUT2D eigenvalue weighted by atomic mass is 10.0. The predicted octanol–water partition coefficient (Wildman–Crippen LogP) is 4.57. The van der Waals surface area contributed by atoms with Gasteiger partial charge in [-0.25, -0.2) is 8.42 Å². The molecule has 3 saturated heterocycles. The van der Waals surface area contributed by atoms with E-state index in [-0.39, 0.29) is 23.5 Å². The topological polar surface area (TPSA) is 91.2 Å². The summed E-state index contributed by atoms with van der Waals surface area (Å²) < 4.78 is 76.4. The summed E-state index contributed by atoms with van der Waals surface area (Å²) in [5.41, 5.74) is 2.18. The number of benzene rings is 1. The highest BCUT2D eigenvalue weighted by Gasteiger charge is 2.35. The highest BCUT2D eigenvalue weighted by molar-refractivity contribution is 7.99. The number of carbonyl (C=O) groups is 1. The van der Waals surface area contributed by atoms with Crippen molar-refractivity contribution in [1.29, 1.82) is 0 Å². The van der Waals surface area contributed by atoms with Gasteiger partial charge >= 0.3 is 6.18 Å². The molecule has 49 heavy (non-hydrogen) atoms. The third-order valence-corrected chi connectivity index (χ3v) is 12.9. The number of aromatic nitrogens is 2. The Kier molecular flexibility index (Phi) is 11.7. The summed E-state index contributed by atoms with van der Waals surface area (Å²) in [6.45, 7) is 7.17. The highest BCUT2D eigenvalue weighted by atomic mass is 32.2. The van der Waals surface area contributed by atoms with Gasteiger partial charge in [0.2, 0.25) is 15.9 Å². The summed E-state index contributed by atoms with van der Waals surface area (Å²) in [7, 11) is -1.75. The molecule has 0 spiro atoms. The molecule has 6 rings (SSSR count). The first-order valence-electron chi connectivity index (χ1n) is 17.6. The minimum Gasteiger partial charge on any atom is -0.381 e. The molecule has 15 heteroatoms. The number of likely N-dealkylation sites (tertiary alicyclic amines) is 3. The Balaban J connectivity index is 1.17. The van der Waals surface area contributed by atoms with Crippen molar-refractivity contribution in [3.05, 3.63) is 35.0 Å². The van der Waals surface area contributed by atoms with Crippen molar-refractivity contribution in [1.82, 2.24) is 28.8 Å². The average molecular weight is 727 g/mol. The van der Waals surface area contributed by atoms with Gasteiger partial charge in [-0.05, 0) is 57.2 Å². The van der Waals surface area contributed by atoms with Crippen molar-refractivity contribution in [2.24, 2.45) is 0 Å². The molecule has 4 aliphatic heterocycles. The normalized spacial score (nSPS) is 21.2. The van der Waals surface area contributed by atoms with Crippen LogP contribution in [0.2, 0.25) is 0 Å². The van der Waals surface area contributed by atoms with Crippen LogP contribution in [0.1, 0.15) is 61.8 Å². The zero-order valence-corrected chi connectivity index (χ0v) is 30.2. The summed E-state index contributed by atoms with van der Waals surface area (Å²) in [5, 5.41) is 4.96. The molecule has 0 N–H and O–H groups in total. The van der Waals surface area contributed by atoms with Crippen LogP contribution in [0.4, 0.5) is 13.2 Å². The molecule has 4 aliphatic rings. The fourth-order valence-electron chi connectivity index (χ4n) is 7.80. The molecule has 0 atom stereocenters. The van der Waals surface area contributed by atoms with E-state index in [0.29, 0.717) is 55.5 Å². The zero-order valence-electron chi connectivity index (χ0n) is 28.6. The summed E-state index contributed by atoms with van der Waals surface area (Å²) >= 11 is 1.21. The van der Waals surface area contributed by atoms with Crippen LogP contribution in [-0.2, 0) is 45.2 Å². The van der Waals surface area contributed by atoms with E-state index in [1.165, 1.54) is 28.4 Å². The maximum atomic E-state index is 14.2. The first-order chi connectivity index (χ1) is 23.4. The smallest absolute Gasteiger partial charge is 0.381 e. The zero-order chi connectivity index (χ0) is 34.8. The van der Waals surface area contributed by atoms with Gasteiger partial charge in [0.15, 0.2) is 0 Å². The third kappa shape index (κ3) is 8.83.